The molecule has 0 unspecified atom stereocenters. The highest BCUT2D eigenvalue weighted by molar-refractivity contribution is 5.79. The van der Waals surface area contributed by atoms with E-state index in [1.54, 1.807) is 24.0 Å². The molecule has 2 heterocycles. The first-order chi connectivity index (χ1) is 12.4. The van der Waals surface area contributed by atoms with Crippen molar-refractivity contribution >= 4 is 5.91 Å². The number of nitrogens with one attached hydrogen (secondary N) is 2. The quantitative estimate of drug-likeness (QED) is 0.868. The van der Waals surface area contributed by atoms with Gasteiger partial charge in [-0.2, -0.15) is 0 Å². The Balaban J connectivity index is 1.56. The minimum absolute atomic E-state index is 0.0133. The average molecular weight is 359 g/mol. The molecule has 1 saturated heterocycles. The van der Waals surface area contributed by atoms with Crippen molar-refractivity contribution in [2.24, 2.45) is 5.92 Å². The van der Waals surface area contributed by atoms with E-state index >= 15 is 0 Å². The van der Waals surface area contributed by atoms with Crippen molar-refractivity contribution in [1.29, 1.82) is 0 Å². The monoisotopic (exact) mass is 359 g/mol. The summed E-state index contributed by atoms with van der Waals surface area (Å²) in [6.07, 6.45) is 2.62. The van der Waals surface area contributed by atoms with E-state index in [0.717, 1.165) is 24.8 Å². The topological polar surface area (TPSA) is 86.0 Å². The van der Waals surface area contributed by atoms with Crippen molar-refractivity contribution in [1.82, 2.24) is 14.9 Å². The van der Waals surface area contributed by atoms with Crippen molar-refractivity contribution < 1.29 is 9.18 Å². The zero-order chi connectivity index (χ0) is 18.7. The fraction of sp³-hybridized carbons (Fsp3) is 0.421. The number of hydrogen-bond donors (Lipinski definition) is 2. The minimum Gasteiger partial charge on any atom is -0.342 e. The number of benzene rings is 1. The predicted molar refractivity (Wildman–Crippen MR) is 95.5 cm³/mol. The van der Waals surface area contributed by atoms with E-state index in [2.05, 4.69) is 9.97 Å². The number of hydrogen-bond acceptors (Lipinski definition) is 3. The third kappa shape index (κ3) is 4.28. The molecule has 1 aromatic heterocycles. The van der Waals surface area contributed by atoms with Gasteiger partial charge >= 0.3 is 5.69 Å². The normalized spacial score (nSPS) is 15.2. The van der Waals surface area contributed by atoms with E-state index in [0.29, 0.717) is 30.3 Å². The second kappa shape index (κ2) is 7.68. The van der Waals surface area contributed by atoms with Gasteiger partial charge in [-0.25, -0.2) is 9.18 Å². The number of aromatic nitrogens is 2. The van der Waals surface area contributed by atoms with Gasteiger partial charge in [0.25, 0.3) is 5.56 Å². The van der Waals surface area contributed by atoms with Gasteiger partial charge < -0.3 is 9.88 Å². The molecule has 6 nitrogen and oxygen atoms in total. The molecule has 7 heteroatoms. The summed E-state index contributed by atoms with van der Waals surface area (Å²) in [5.41, 5.74) is 0.768. The van der Waals surface area contributed by atoms with Crippen LogP contribution in [0.5, 0.6) is 0 Å². The van der Waals surface area contributed by atoms with E-state index in [1.165, 1.54) is 12.1 Å². The van der Waals surface area contributed by atoms with Crippen LogP contribution in [0.3, 0.4) is 0 Å². The number of halogens is 1. The van der Waals surface area contributed by atoms with Crippen LogP contribution in [0.2, 0.25) is 0 Å². The fourth-order valence-electron chi connectivity index (χ4n) is 3.44. The maximum Gasteiger partial charge on any atom is 0.325 e. The lowest BCUT2D eigenvalue weighted by atomic mass is 9.90. The number of carbonyl (C=O) groups excluding carboxylic acids is 1. The SMILES string of the molecule is Cc1[nH]c(=O)[nH]c(=O)c1CC(=O)N1CCC(Cc2ccc(F)cc2)CC1. The third-order valence-electron chi connectivity index (χ3n) is 4.99. The molecule has 0 bridgehead atoms. The molecule has 1 aliphatic heterocycles. The Kier molecular flexibility index (Phi) is 5.35. The van der Waals surface area contributed by atoms with Gasteiger partial charge in [0.2, 0.25) is 5.91 Å². The first kappa shape index (κ1) is 18.1. The third-order valence-corrected chi connectivity index (χ3v) is 4.99. The summed E-state index contributed by atoms with van der Waals surface area (Å²) in [7, 11) is 0. The molecule has 0 spiro atoms. The molecule has 0 aliphatic carbocycles. The molecule has 1 aliphatic rings. The van der Waals surface area contributed by atoms with Crippen molar-refractivity contribution in [3.63, 3.8) is 0 Å². The van der Waals surface area contributed by atoms with Crippen LogP contribution in [0.25, 0.3) is 0 Å². The molecule has 3 rings (SSSR count). The van der Waals surface area contributed by atoms with Crippen LogP contribution in [0.1, 0.15) is 29.7 Å². The van der Waals surface area contributed by atoms with Gasteiger partial charge in [-0.1, -0.05) is 12.1 Å². The minimum atomic E-state index is -0.565. The van der Waals surface area contributed by atoms with Gasteiger partial charge in [0.15, 0.2) is 0 Å². The highest BCUT2D eigenvalue weighted by Crippen LogP contribution is 2.22. The Morgan fingerprint density at radius 3 is 2.42 bits per heavy atom. The summed E-state index contributed by atoms with van der Waals surface area (Å²) in [4.78, 5) is 42.1. The lowest BCUT2D eigenvalue weighted by Gasteiger charge is -2.32. The highest BCUT2D eigenvalue weighted by Gasteiger charge is 2.24. The Bertz CT molecular complexity index is 893. The summed E-state index contributed by atoms with van der Waals surface area (Å²) in [6, 6.07) is 6.55. The molecular formula is C19H22FN3O3. The van der Waals surface area contributed by atoms with Gasteiger partial charge in [-0.05, 0) is 49.8 Å². The molecule has 0 radical (unpaired) electrons. The number of piperidine rings is 1. The van der Waals surface area contributed by atoms with Crippen LogP contribution in [0.15, 0.2) is 33.9 Å². The zero-order valence-corrected chi connectivity index (χ0v) is 14.7. The smallest absolute Gasteiger partial charge is 0.325 e. The van der Waals surface area contributed by atoms with Gasteiger partial charge in [-0.3, -0.25) is 14.6 Å². The van der Waals surface area contributed by atoms with Gasteiger partial charge in [0.1, 0.15) is 5.82 Å². The molecule has 1 fully saturated rings. The Hall–Kier alpha value is -2.70. The Labute approximate surface area is 150 Å². The molecule has 26 heavy (non-hydrogen) atoms. The molecule has 0 saturated carbocycles. The fourth-order valence-corrected chi connectivity index (χ4v) is 3.44. The van der Waals surface area contributed by atoms with Crippen molar-refractivity contribution in [2.75, 3.05) is 13.1 Å². The zero-order valence-electron chi connectivity index (χ0n) is 14.7. The maximum absolute atomic E-state index is 13.0. The largest absolute Gasteiger partial charge is 0.342 e. The summed E-state index contributed by atoms with van der Waals surface area (Å²) in [5.74, 6) is 0.121. The standard InChI is InChI=1S/C19H22FN3O3/c1-12-16(18(25)22-19(26)21-12)11-17(24)23-8-6-14(7-9-23)10-13-2-4-15(20)5-3-13/h2-5,14H,6-11H2,1H3,(H2,21,22,25,26). The van der Waals surface area contributed by atoms with E-state index in [-0.39, 0.29) is 18.1 Å². The number of amides is 1. The van der Waals surface area contributed by atoms with Crippen LogP contribution >= 0.6 is 0 Å². The van der Waals surface area contributed by atoms with E-state index in [4.69, 9.17) is 0 Å². The second-order valence-electron chi connectivity index (χ2n) is 6.84. The molecule has 2 aromatic rings. The number of carbonyl (C=O) groups is 1. The molecule has 0 atom stereocenters. The van der Waals surface area contributed by atoms with Crippen LogP contribution < -0.4 is 11.2 Å². The molecule has 1 amide bonds. The lowest BCUT2D eigenvalue weighted by molar-refractivity contribution is -0.131. The van der Waals surface area contributed by atoms with Crippen molar-refractivity contribution in [3.8, 4) is 0 Å². The predicted octanol–water partition coefficient (Wildman–Crippen LogP) is 1.53. The number of nitrogens with zero attached hydrogens (tertiary/aromatic N) is 1. The van der Waals surface area contributed by atoms with E-state index in [1.807, 2.05) is 0 Å². The molecular weight excluding hydrogens is 337 g/mol. The van der Waals surface area contributed by atoms with Crippen LogP contribution in [0.4, 0.5) is 4.39 Å². The summed E-state index contributed by atoms with van der Waals surface area (Å²) < 4.78 is 13.0. The summed E-state index contributed by atoms with van der Waals surface area (Å²) in [6.45, 7) is 2.91. The Morgan fingerprint density at radius 1 is 1.15 bits per heavy atom. The molecule has 2 N–H and O–H groups in total. The first-order valence-electron chi connectivity index (χ1n) is 8.76. The van der Waals surface area contributed by atoms with Gasteiger partial charge in [-0.15, -0.1) is 0 Å². The highest BCUT2D eigenvalue weighted by atomic mass is 19.1. The average Bonchev–Trinajstić information content (AvgIpc) is 2.60. The van der Waals surface area contributed by atoms with E-state index in [9.17, 15) is 18.8 Å². The van der Waals surface area contributed by atoms with Gasteiger partial charge in [0.05, 0.1) is 6.42 Å². The maximum atomic E-state index is 13.0. The Morgan fingerprint density at radius 2 is 1.81 bits per heavy atom. The lowest BCUT2D eigenvalue weighted by Crippen LogP contribution is -2.41. The number of likely N-dealkylation sites (tertiary alicyclic amines) is 1. The van der Waals surface area contributed by atoms with Gasteiger partial charge in [0, 0.05) is 24.3 Å². The van der Waals surface area contributed by atoms with Crippen molar-refractivity contribution in [3.05, 3.63) is 67.7 Å². The number of aryl methyl sites for hydroxylation is 1. The van der Waals surface area contributed by atoms with E-state index < -0.39 is 11.2 Å². The van der Waals surface area contributed by atoms with Crippen LogP contribution in [-0.4, -0.2) is 33.9 Å². The first-order valence-corrected chi connectivity index (χ1v) is 8.76. The summed E-state index contributed by atoms with van der Waals surface area (Å²) >= 11 is 0. The van der Waals surface area contributed by atoms with Crippen molar-refractivity contribution in [2.45, 2.75) is 32.6 Å². The summed E-state index contributed by atoms with van der Waals surface area (Å²) in [5, 5.41) is 0. The second-order valence-corrected chi connectivity index (χ2v) is 6.84. The molecule has 138 valence electrons. The van der Waals surface area contributed by atoms with Crippen LogP contribution in [-0.2, 0) is 17.6 Å². The number of rotatable bonds is 4. The number of H-pyrrole nitrogens is 2. The number of aromatic amines is 2. The van der Waals surface area contributed by atoms with Crippen LogP contribution in [0, 0.1) is 18.7 Å². The molecule has 1 aromatic carbocycles.